The van der Waals surface area contributed by atoms with Crippen LogP contribution in [0.25, 0.3) is 0 Å². The predicted molar refractivity (Wildman–Crippen MR) is 249 cm³/mol. The van der Waals surface area contributed by atoms with Crippen molar-refractivity contribution < 1.29 is 28.8 Å². The molecule has 0 unspecified atom stereocenters. The van der Waals surface area contributed by atoms with Crippen molar-refractivity contribution >= 4 is 34.7 Å². The molecule has 6 aromatic rings. The summed E-state index contributed by atoms with van der Waals surface area (Å²) in [6.45, 7) is 0. The molecule has 6 nitrogen and oxygen atoms in total. The fourth-order valence-corrected chi connectivity index (χ4v) is 15.7. The molecule has 316 valence electrons. The molecule has 0 aliphatic heterocycles. The minimum absolute atomic E-state index is 0.226. The van der Waals surface area contributed by atoms with Crippen LogP contribution < -0.4 is 0 Å². The second-order valence-electron chi connectivity index (χ2n) is 20.2. The summed E-state index contributed by atoms with van der Waals surface area (Å²) in [6, 6.07) is 47.5. The maximum atomic E-state index is 16.2. The minimum Gasteiger partial charge on any atom is -0.289 e. The minimum atomic E-state index is -0.979. The van der Waals surface area contributed by atoms with E-state index < -0.39 is 47.3 Å². The molecule has 6 heteroatoms. The smallest absolute Gasteiger partial charge is 0.187 e. The van der Waals surface area contributed by atoms with E-state index in [0.29, 0.717) is 44.6 Å². The first-order valence-electron chi connectivity index (χ1n) is 23.6. The Morgan fingerprint density at radius 2 is 0.265 bits per heavy atom. The molecule has 8 bridgehead atoms. The fraction of sp³-hybridized carbons (Fsp3) is 0.129. The van der Waals surface area contributed by atoms with Crippen LogP contribution in [0.4, 0.5) is 0 Å². The molecule has 21 rings (SSSR count). The first-order chi connectivity index (χ1) is 33.4. The Morgan fingerprint density at radius 1 is 0.162 bits per heavy atom. The third-order valence-corrected chi connectivity index (χ3v) is 17.8. The Labute approximate surface area is 388 Å². The van der Waals surface area contributed by atoms with Crippen molar-refractivity contribution in [3.8, 4) is 0 Å². The Hall–Kier alpha value is -8.22. The van der Waals surface area contributed by atoms with Gasteiger partial charge in [0.1, 0.15) is 0 Å². The van der Waals surface area contributed by atoms with Crippen LogP contribution in [0.1, 0.15) is 114 Å². The molecule has 0 amide bonds. The van der Waals surface area contributed by atoms with Crippen molar-refractivity contribution in [1.82, 2.24) is 0 Å². The van der Waals surface area contributed by atoms with Gasteiger partial charge in [0.15, 0.2) is 34.7 Å². The summed E-state index contributed by atoms with van der Waals surface area (Å²) < 4.78 is 0. The highest BCUT2D eigenvalue weighted by Gasteiger charge is 2.64. The summed E-state index contributed by atoms with van der Waals surface area (Å²) in [5, 5.41) is 0. The number of rotatable bonds is 0. The lowest BCUT2D eigenvalue weighted by atomic mass is 9.47. The van der Waals surface area contributed by atoms with Crippen molar-refractivity contribution in [2.75, 3.05) is 0 Å². The second-order valence-corrected chi connectivity index (χ2v) is 20.2. The van der Waals surface area contributed by atoms with Crippen molar-refractivity contribution in [2.45, 2.75) is 47.3 Å². The molecule has 0 heterocycles. The standard InChI is InChI=1S/C62H32O6/c63-57-45-37-25-13-1-2-14-26(25)38(28-16-4-3-15-27(28)37)46(45)58(64)50-42-34-22-10-9-21-33(34)41(49(50)57)53-54(42)62(68)56-44-36-24-12-11-23-35(36)43(55(56)61(53)67)51-52(44)60(66)48-40-31-19-7-5-17-29(31)39(47(48)59(51)65)30-18-6-8-20-32(30)40/h1-24,37-44H/t37?,38?,39?,40?,41-,42+,43-,44+. The average molecular weight is 873 g/mol. The van der Waals surface area contributed by atoms with Crippen LogP contribution >= 0.6 is 0 Å². The van der Waals surface area contributed by atoms with E-state index in [4.69, 9.17) is 0 Å². The van der Waals surface area contributed by atoms with Gasteiger partial charge in [-0.05, 0) is 66.8 Å². The molecule has 15 aliphatic rings. The van der Waals surface area contributed by atoms with Crippen LogP contribution in [0.15, 0.2) is 212 Å². The highest BCUT2D eigenvalue weighted by Crippen LogP contribution is 2.69. The third kappa shape index (κ3) is 3.65. The average Bonchev–Trinajstić information content (AvgIpc) is 3.39. The van der Waals surface area contributed by atoms with Gasteiger partial charge in [0, 0.05) is 114 Å². The monoisotopic (exact) mass is 872 g/mol. The lowest BCUT2D eigenvalue weighted by Gasteiger charge is -2.53. The fourth-order valence-electron chi connectivity index (χ4n) is 15.7. The number of ketones is 6. The second kappa shape index (κ2) is 11.7. The van der Waals surface area contributed by atoms with Gasteiger partial charge in [-0.15, -0.1) is 0 Å². The van der Waals surface area contributed by atoms with E-state index in [1.807, 2.05) is 97.1 Å². The van der Waals surface area contributed by atoms with E-state index in [-0.39, 0.29) is 57.0 Å². The number of allylic oxidation sites excluding steroid dienone is 12. The number of carbonyl (C=O) groups is 6. The molecule has 0 saturated heterocycles. The number of Topliss-reactive ketones (excluding diaryl/α,β-unsaturated/α-hetero) is 6. The highest BCUT2D eigenvalue weighted by molar-refractivity contribution is 6.38. The molecule has 6 aromatic carbocycles. The topological polar surface area (TPSA) is 102 Å². The summed E-state index contributed by atoms with van der Waals surface area (Å²) >= 11 is 0. The first kappa shape index (κ1) is 36.0. The SMILES string of the molecule is O=C1C2=C(C(=O)C3=C1[C@@H]1C4=C(C(=O)C5=C(C4=O)[C@H]4C6=C(C(=O)C7=C(C6=O)C6c8ccccc8C7c7ccccc76)[C@@H]5c5ccccc54)[C@H]3c3ccccc31)C1c3ccccc3C2c2ccccc21. The van der Waals surface area contributed by atoms with Crippen molar-refractivity contribution in [3.63, 3.8) is 0 Å². The van der Waals surface area contributed by atoms with Crippen LogP contribution in [0.5, 0.6) is 0 Å². The summed E-state index contributed by atoms with van der Waals surface area (Å²) in [6.07, 6.45) is 0. The summed E-state index contributed by atoms with van der Waals surface area (Å²) in [5.41, 5.74) is 14.9. The summed E-state index contributed by atoms with van der Waals surface area (Å²) in [5.74, 6) is -7.52. The Morgan fingerprint density at radius 3 is 0.397 bits per heavy atom. The normalized spacial score (nSPS) is 28.4. The molecule has 0 spiro atoms. The van der Waals surface area contributed by atoms with Crippen LogP contribution in [0.3, 0.4) is 0 Å². The van der Waals surface area contributed by atoms with Crippen LogP contribution in [0.2, 0.25) is 0 Å². The molecule has 0 radical (unpaired) electrons. The van der Waals surface area contributed by atoms with Gasteiger partial charge < -0.3 is 0 Å². The van der Waals surface area contributed by atoms with Gasteiger partial charge in [-0.2, -0.15) is 0 Å². The zero-order chi connectivity index (χ0) is 44.9. The maximum absolute atomic E-state index is 16.2. The van der Waals surface area contributed by atoms with E-state index in [1.165, 1.54) is 0 Å². The van der Waals surface area contributed by atoms with E-state index in [2.05, 4.69) is 48.5 Å². The van der Waals surface area contributed by atoms with E-state index in [9.17, 15) is 0 Å². The Kier molecular flexibility index (Phi) is 6.16. The lowest BCUT2D eigenvalue weighted by molar-refractivity contribution is -0.120. The number of hydrogen-bond acceptors (Lipinski definition) is 6. The van der Waals surface area contributed by atoms with Gasteiger partial charge >= 0.3 is 0 Å². The Balaban J connectivity index is 0.860. The number of carbonyl (C=O) groups excluding carboxylic acids is 6. The highest BCUT2D eigenvalue weighted by atomic mass is 16.2. The maximum Gasteiger partial charge on any atom is 0.187 e. The molecule has 4 atom stereocenters. The molecule has 15 aliphatic carbocycles. The predicted octanol–water partition coefficient (Wildman–Crippen LogP) is 9.59. The van der Waals surface area contributed by atoms with Gasteiger partial charge in [-0.3, -0.25) is 28.8 Å². The molecular weight excluding hydrogens is 841 g/mol. The van der Waals surface area contributed by atoms with Gasteiger partial charge in [0.2, 0.25) is 0 Å². The molecule has 0 N–H and O–H groups in total. The van der Waals surface area contributed by atoms with E-state index in [0.717, 1.165) is 66.8 Å². The van der Waals surface area contributed by atoms with Crippen molar-refractivity contribution in [1.29, 1.82) is 0 Å². The first-order valence-corrected chi connectivity index (χ1v) is 23.6. The molecule has 0 aromatic heterocycles. The van der Waals surface area contributed by atoms with Gasteiger partial charge in [-0.1, -0.05) is 146 Å². The zero-order valence-electron chi connectivity index (χ0n) is 35.9. The quantitative estimate of drug-likeness (QED) is 0.141. The summed E-state index contributed by atoms with van der Waals surface area (Å²) in [7, 11) is 0. The molecule has 68 heavy (non-hydrogen) atoms. The van der Waals surface area contributed by atoms with Crippen LogP contribution in [-0.2, 0) is 28.8 Å². The van der Waals surface area contributed by atoms with E-state index in [1.54, 1.807) is 0 Å². The molecule has 0 saturated carbocycles. The van der Waals surface area contributed by atoms with Gasteiger partial charge in [0.05, 0.1) is 0 Å². The van der Waals surface area contributed by atoms with Crippen molar-refractivity contribution in [2.24, 2.45) is 0 Å². The van der Waals surface area contributed by atoms with Gasteiger partial charge in [0.25, 0.3) is 0 Å². The third-order valence-electron chi connectivity index (χ3n) is 17.8. The largest absolute Gasteiger partial charge is 0.289 e. The summed E-state index contributed by atoms with van der Waals surface area (Å²) in [4.78, 5) is 95.7. The van der Waals surface area contributed by atoms with Crippen molar-refractivity contribution in [3.05, 3.63) is 279 Å². The van der Waals surface area contributed by atoms with Crippen LogP contribution in [0, 0.1) is 0 Å². The van der Waals surface area contributed by atoms with Gasteiger partial charge in [-0.25, -0.2) is 0 Å². The lowest BCUT2D eigenvalue weighted by Crippen LogP contribution is -2.50. The number of benzene rings is 6. The zero-order valence-corrected chi connectivity index (χ0v) is 35.9. The Bertz CT molecular complexity index is 3370. The molecular formula is C62H32O6. The van der Waals surface area contributed by atoms with E-state index >= 15 is 28.8 Å². The van der Waals surface area contributed by atoms with Crippen LogP contribution in [-0.4, -0.2) is 34.7 Å². The number of hydrogen-bond donors (Lipinski definition) is 0. The molecule has 0 fully saturated rings.